The SMILES string of the molecule is CCNC(=NCCCS(C)(=O)=O)NC(C)CCS(C)(=O)=O.I. The van der Waals surface area contributed by atoms with Crippen LogP contribution < -0.4 is 10.6 Å². The molecule has 0 aliphatic rings. The molecule has 0 fully saturated rings. The molecule has 10 heteroatoms. The number of hydrogen-bond acceptors (Lipinski definition) is 5. The first-order chi connectivity index (χ1) is 9.53. The lowest BCUT2D eigenvalue weighted by molar-refractivity contribution is 0.581. The molecule has 0 aromatic rings. The van der Waals surface area contributed by atoms with Gasteiger partial charge in [-0.2, -0.15) is 0 Å². The summed E-state index contributed by atoms with van der Waals surface area (Å²) in [4.78, 5) is 4.28. The van der Waals surface area contributed by atoms with Gasteiger partial charge in [0.1, 0.15) is 19.7 Å². The highest BCUT2D eigenvalue weighted by atomic mass is 127. The summed E-state index contributed by atoms with van der Waals surface area (Å²) in [7, 11) is -5.93. The second kappa shape index (κ2) is 11.4. The zero-order valence-electron chi connectivity index (χ0n) is 13.6. The van der Waals surface area contributed by atoms with E-state index in [1.54, 1.807) is 0 Å². The van der Waals surface area contributed by atoms with Gasteiger partial charge in [-0.3, -0.25) is 4.99 Å². The zero-order chi connectivity index (χ0) is 16.5. The summed E-state index contributed by atoms with van der Waals surface area (Å²) in [5.41, 5.74) is 0. The van der Waals surface area contributed by atoms with E-state index >= 15 is 0 Å². The summed E-state index contributed by atoms with van der Waals surface area (Å²) in [6, 6.07) is -0.0348. The van der Waals surface area contributed by atoms with E-state index in [0.29, 0.717) is 31.9 Å². The Hall–Kier alpha value is -0.100. The van der Waals surface area contributed by atoms with Crippen LogP contribution in [0.3, 0.4) is 0 Å². The highest BCUT2D eigenvalue weighted by molar-refractivity contribution is 14.0. The average Bonchev–Trinajstić information content (AvgIpc) is 2.30. The van der Waals surface area contributed by atoms with Crippen molar-refractivity contribution in [3.63, 3.8) is 0 Å². The molecule has 7 nitrogen and oxygen atoms in total. The predicted molar refractivity (Wildman–Crippen MR) is 103 cm³/mol. The molecule has 0 rings (SSSR count). The molecule has 0 aromatic heterocycles. The first-order valence-corrected chi connectivity index (χ1v) is 11.1. The van der Waals surface area contributed by atoms with Crippen molar-refractivity contribution in [2.45, 2.75) is 32.7 Å². The number of halogens is 1. The minimum absolute atomic E-state index is 0. The number of nitrogens with one attached hydrogen (secondary N) is 2. The maximum Gasteiger partial charge on any atom is 0.191 e. The molecule has 0 aromatic carbocycles. The van der Waals surface area contributed by atoms with Gasteiger partial charge in [-0.05, 0) is 26.7 Å². The molecule has 2 N–H and O–H groups in total. The van der Waals surface area contributed by atoms with E-state index in [-0.39, 0.29) is 41.5 Å². The van der Waals surface area contributed by atoms with Crippen LogP contribution in [0.4, 0.5) is 0 Å². The van der Waals surface area contributed by atoms with Crippen LogP contribution >= 0.6 is 24.0 Å². The third kappa shape index (κ3) is 16.3. The molecule has 1 unspecified atom stereocenters. The fraction of sp³-hybridized carbons (Fsp3) is 0.917. The first-order valence-electron chi connectivity index (χ1n) is 6.94. The third-order valence-electron chi connectivity index (χ3n) is 2.59. The fourth-order valence-corrected chi connectivity index (χ4v) is 2.97. The van der Waals surface area contributed by atoms with Gasteiger partial charge >= 0.3 is 0 Å². The van der Waals surface area contributed by atoms with Gasteiger partial charge in [0.05, 0.1) is 11.5 Å². The molecule has 0 saturated carbocycles. The summed E-state index contributed by atoms with van der Waals surface area (Å²) in [6.45, 7) is 4.89. The molecule has 0 radical (unpaired) electrons. The molecule has 1 atom stereocenters. The predicted octanol–water partition coefficient (Wildman–Crippen LogP) is 0.417. The normalized spacial score (nSPS) is 14.1. The minimum atomic E-state index is -2.97. The van der Waals surface area contributed by atoms with Crippen molar-refractivity contribution >= 4 is 49.6 Å². The first kappa shape index (κ1) is 24.2. The summed E-state index contributed by atoms with van der Waals surface area (Å²) in [6.07, 6.45) is 3.37. The Balaban J connectivity index is 0. The van der Waals surface area contributed by atoms with Gasteiger partial charge in [0.15, 0.2) is 5.96 Å². The van der Waals surface area contributed by atoms with E-state index in [0.717, 1.165) is 0 Å². The van der Waals surface area contributed by atoms with Crippen molar-refractivity contribution in [2.24, 2.45) is 4.99 Å². The summed E-state index contributed by atoms with van der Waals surface area (Å²) < 4.78 is 44.3. The van der Waals surface area contributed by atoms with Crippen LogP contribution in [0.2, 0.25) is 0 Å². The van der Waals surface area contributed by atoms with Crippen LogP contribution in [0.5, 0.6) is 0 Å². The maximum absolute atomic E-state index is 11.1. The zero-order valence-corrected chi connectivity index (χ0v) is 17.6. The van der Waals surface area contributed by atoms with Crippen LogP contribution in [0.15, 0.2) is 4.99 Å². The van der Waals surface area contributed by atoms with E-state index in [1.807, 2.05) is 13.8 Å². The smallest absolute Gasteiger partial charge is 0.191 e. The largest absolute Gasteiger partial charge is 0.357 e. The number of rotatable bonds is 9. The Kier molecular flexibility index (Phi) is 12.6. The Bertz CT molecular complexity index is 533. The molecular weight excluding hydrogens is 441 g/mol. The lowest BCUT2D eigenvalue weighted by atomic mass is 10.3. The fourth-order valence-electron chi connectivity index (χ4n) is 1.53. The lowest BCUT2D eigenvalue weighted by Crippen LogP contribution is -2.43. The summed E-state index contributed by atoms with van der Waals surface area (Å²) >= 11 is 0. The second-order valence-electron chi connectivity index (χ2n) is 5.21. The van der Waals surface area contributed by atoms with Crippen molar-refractivity contribution in [3.05, 3.63) is 0 Å². The van der Waals surface area contributed by atoms with Gasteiger partial charge in [0.25, 0.3) is 0 Å². The van der Waals surface area contributed by atoms with Crippen molar-refractivity contribution in [3.8, 4) is 0 Å². The monoisotopic (exact) mass is 469 g/mol. The van der Waals surface area contributed by atoms with Gasteiger partial charge in [-0.1, -0.05) is 0 Å². The minimum Gasteiger partial charge on any atom is -0.357 e. The molecule has 0 bridgehead atoms. The van der Waals surface area contributed by atoms with Gasteiger partial charge < -0.3 is 10.6 Å². The van der Waals surface area contributed by atoms with Crippen molar-refractivity contribution < 1.29 is 16.8 Å². The molecule has 0 aliphatic carbocycles. The number of nitrogens with zero attached hydrogens (tertiary/aromatic N) is 1. The van der Waals surface area contributed by atoms with E-state index in [9.17, 15) is 16.8 Å². The average molecular weight is 469 g/mol. The Morgan fingerprint density at radius 2 is 1.64 bits per heavy atom. The van der Waals surface area contributed by atoms with E-state index in [4.69, 9.17) is 0 Å². The summed E-state index contributed by atoms with van der Waals surface area (Å²) in [5.74, 6) is 0.806. The number of aliphatic imine (C=N–C) groups is 1. The Labute approximate surface area is 151 Å². The number of sulfone groups is 2. The third-order valence-corrected chi connectivity index (χ3v) is 4.60. The molecule has 0 spiro atoms. The molecule has 0 heterocycles. The molecule has 0 amide bonds. The highest BCUT2D eigenvalue weighted by Crippen LogP contribution is 1.96. The highest BCUT2D eigenvalue weighted by Gasteiger charge is 2.09. The van der Waals surface area contributed by atoms with E-state index in [2.05, 4.69) is 15.6 Å². The van der Waals surface area contributed by atoms with E-state index < -0.39 is 19.7 Å². The summed E-state index contributed by atoms with van der Waals surface area (Å²) in [5, 5.41) is 6.16. The van der Waals surface area contributed by atoms with Gasteiger partial charge in [-0.25, -0.2) is 16.8 Å². The Morgan fingerprint density at radius 3 is 2.09 bits per heavy atom. The van der Waals surface area contributed by atoms with Gasteiger partial charge in [0, 0.05) is 31.6 Å². The van der Waals surface area contributed by atoms with Crippen LogP contribution in [0.25, 0.3) is 0 Å². The number of guanidine groups is 1. The molecular formula is C12H28IN3O4S2. The lowest BCUT2D eigenvalue weighted by Gasteiger charge is -2.17. The topological polar surface area (TPSA) is 105 Å². The quantitative estimate of drug-likeness (QED) is 0.220. The van der Waals surface area contributed by atoms with Crippen LogP contribution in [0, 0.1) is 0 Å². The van der Waals surface area contributed by atoms with Crippen molar-refractivity contribution in [1.82, 2.24) is 10.6 Å². The van der Waals surface area contributed by atoms with E-state index in [1.165, 1.54) is 12.5 Å². The number of hydrogen-bond donors (Lipinski definition) is 2. The second-order valence-corrected chi connectivity index (χ2v) is 9.73. The molecule has 22 heavy (non-hydrogen) atoms. The Morgan fingerprint density at radius 1 is 1.09 bits per heavy atom. The van der Waals surface area contributed by atoms with Crippen LogP contribution in [-0.2, 0) is 19.7 Å². The molecule has 0 aliphatic heterocycles. The van der Waals surface area contributed by atoms with Crippen LogP contribution in [0.1, 0.15) is 26.7 Å². The molecule has 134 valence electrons. The molecule has 0 saturated heterocycles. The standard InChI is InChI=1S/C12H27N3O4S2.HI/c1-5-13-12(14-8-6-9-20(3,16)17)15-11(2)7-10-21(4,18)19;/h11H,5-10H2,1-4H3,(H2,13,14,15);1H. The van der Waals surface area contributed by atoms with Gasteiger partial charge in [-0.15, -0.1) is 24.0 Å². The van der Waals surface area contributed by atoms with Crippen molar-refractivity contribution in [1.29, 1.82) is 0 Å². The maximum atomic E-state index is 11.1. The van der Waals surface area contributed by atoms with Crippen LogP contribution in [-0.4, -0.2) is 65.9 Å². The van der Waals surface area contributed by atoms with Gasteiger partial charge in [0.2, 0.25) is 0 Å². The van der Waals surface area contributed by atoms with Crippen molar-refractivity contribution in [2.75, 3.05) is 37.1 Å².